The smallest absolute Gasteiger partial charge is 0.305 e. The Hall–Kier alpha value is -4.32. The quantitative estimate of drug-likeness (QED) is 0.307. The number of aryl methyl sites for hydroxylation is 1. The number of hydrogen-bond donors (Lipinski definition) is 2. The van der Waals surface area contributed by atoms with Crippen molar-refractivity contribution >= 4 is 34.6 Å². The van der Waals surface area contributed by atoms with Gasteiger partial charge in [-0.15, -0.1) is 0 Å². The third-order valence-corrected chi connectivity index (χ3v) is 7.73. The zero-order valence-electron chi connectivity index (χ0n) is 24.0. The number of benzene rings is 3. The monoisotopic (exact) mass is 572 g/mol. The van der Waals surface area contributed by atoms with Crippen LogP contribution < -0.4 is 15.5 Å². The van der Waals surface area contributed by atoms with Crippen LogP contribution in [0.5, 0.6) is 0 Å². The van der Waals surface area contributed by atoms with Crippen molar-refractivity contribution in [3.8, 4) is 0 Å². The number of carbonyl (C=O) groups excluding carboxylic acids is 2. The molecule has 11 heteroatoms. The lowest BCUT2D eigenvalue weighted by Crippen LogP contribution is -2.43. The van der Waals surface area contributed by atoms with E-state index in [0.717, 1.165) is 43.9 Å². The van der Waals surface area contributed by atoms with Crippen molar-refractivity contribution in [2.24, 2.45) is 0 Å². The van der Waals surface area contributed by atoms with Gasteiger partial charge in [-0.05, 0) is 61.5 Å². The SMILES string of the molecule is Cc1ccc(NC(=O)c2cccc(N3CCOCC3)c2[N+](=O)[O-])cc1NC(=O)c1cccc(CN2CCN(C)CC2)c1. The van der Waals surface area contributed by atoms with Gasteiger partial charge in [0.25, 0.3) is 11.8 Å². The van der Waals surface area contributed by atoms with Crippen LogP contribution in [0.15, 0.2) is 60.7 Å². The number of nitro benzene ring substituents is 1. The first-order chi connectivity index (χ1) is 20.3. The van der Waals surface area contributed by atoms with Crippen LogP contribution in [-0.4, -0.2) is 86.1 Å². The number of nitrogens with zero attached hydrogens (tertiary/aromatic N) is 4. The number of anilines is 3. The minimum Gasteiger partial charge on any atom is -0.378 e. The Labute approximate surface area is 245 Å². The highest BCUT2D eigenvalue weighted by atomic mass is 16.6. The summed E-state index contributed by atoms with van der Waals surface area (Å²) >= 11 is 0. The first-order valence-electron chi connectivity index (χ1n) is 14.1. The summed E-state index contributed by atoms with van der Waals surface area (Å²) < 4.78 is 5.37. The normalized spacial score (nSPS) is 16.2. The second kappa shape index (κ2) is 13.1. The number of likely N-dealkylation sites (N-methyl/N-ethyl adjacent to an activating group) is 1. The van der Waals surface area contributed by atoms with E-state index in [1.54, 1.807) is 36.4 Å². The van der Waals surface area contributed by atoms with Crippen molar-refractivity contribution in [3.63, 3.8) is 0 Å². The fraction of sp³-hybridized carbons (Fsp3) is 0.355. The standard InChI is InChI=1S/C31H36N6O5/c1-22-9-10-25(32-31(39)26-7-4-8-28(29(26)37(40)41)36-15-17-42-18-16-36)20-27(22)33-30(38)24-6-3-5-23(19-24)21-35-13-11-34(2)12-14-35/h3-10,19-20H,11-18,21H2,1-2H3,(H,32,39)(H,33,38). The molecule has 0 atom stereocenters. The molecule has 0 radical (unpaired) electrons. The van der Waals surface area contributed by atoms with Crippen LogP contribution in [0.4, 0.5) is 22.7 Å². The van der Waals surface area contributed by atoms with Gasteiger partial charge in [0.2, 0.25) is 0 Å². The highest BCUT2D eigenvalue weighted by molar-refractivity contribution is 6.09. The number of piperazine rings is 1. The molecule has 2 heterocycles. The number of ether oxygens (including phenoxy) is 1. The Morgan fingerprint density at radius 1 is 0.905 bits per heavy atom. The van der Waals surface area contributed by atoms with Crippen molar-refractivity contribution in [1.82, 2.24) is 9.80 Å². The Morgan fingerprint density at radius 2 is 1.64 bits per heavy atom. The molecule has 11 nitrogen and oxygen atoms in total. The molecular weight excluding hydrogens is 536 g/mol. The summed E-state index contributed by atoms with van der Waals surface area (Å²) in [5.41, 5.74) is 3.51. The van der Waals surface area contributed by atoms with Crippen molar-refractivity contribution in [2.45, 2.75) is 13.5 Å². The van der Waals surface area contributed by atoms with Crippen LogP contribution in [0.3, 0.4) is 0 Å². The summed E-state index contributed by atoms with van der Waals surface area (Å²) in [6, 6.07) is 17.5. The Bertz CT molecular complexity index is 1460. The van der Waals surface area contributed by atoms with Crippen LogP contribution in [0.25, 0.3) is 0 Å². The first kappa shape index (κ1) is 29.2. The molecule has 2 N–H and O–H groups in total. The molecule has 2 aliphatic heterocycles. The molecular formula is C31H36N6O5. The van der Waals surface area contributed by atoms with E-state index in [4.69, 9.17) is 4.74 Å². The van der Waals surface area contributed by atoms with E-state index >= 15 is 0 Å². The van der Waals surface area contributed by atoms with E-state index in [9.17, 15) is 19.7 Å². The summed E-state index contributed by atoms with van der Waals surface area (Å²) in [6.07, 6.45) is 0. The highest BCUT2D eigenvalue weighted by Gasteiger charge is 2.28. The van der Waals surface area contributed by atoms with E-state index in [1.807, 2.05) is 30.0 Å². The highest BCUT2D eigenvalue weighted by Crippen LogP contribution is 2.33. The lowest BCUT2D eigenvalue weighted by atomic mass is 10.1. The summed E-state index contributed by atoms with van der Waals surface area (Å²) in [4.78, 5) is 44.6. The fourth-order valence-electron chi connectivity index (χ4n) is 5.27. The molecule has 0 saturated carbocycles. The molecule has 3 aromatic carbocycles. The maximum absolute atomic E-state index is 13.3. The molecule has 42 heavy (non-hydrogen) atoms. The van der Waals surface area contributed by atoms with Gasteiger partial charge >= 0.3 is 5.69 Å². The minimum absolute atomic E-state index is 0.0349. The minimum atomic E-state index is -0.602. The summed E-state index contributed by atoms with van der Waals surface area (Å²) in [5, 5.41) is 17.8. The summed E-state index contributed by atoms with van der Waals surface area (Å²) in [6.45, 7) is 8.62. The number of hydrogen-bond acceptors (Lipinski definition) is 8. The van der Waals surface area contributed by atoms with Crippen LogP contribution in [0.1, 0.15) is 31.8 Å². The van der Waals surface area contributed by atoms with Gasteiger partial charge in [0, 0.05) is 62.8 Å². The predicted octanol–water partition coefficient (Wildman–Crippen LogP) is 3.99. The number of morpholine rings is 1. The molecule has 0 unspecified atom stereocenters. The van der Waals surface area contributed by atoms with Gasteiger partial charge < -0.3 is 25.2 Å². The van der Waals surface area contributed by atoms with Crippen LogP contribution in [0, 0.1) is 17.0 Å². The van der Waals surface area contributed by atoms with E-state index < -0.39 is 10.8 Å². The maximum atomic E-state index is 13.3. The van der Waals surface area contributed by atoms with Crippen molar-refractivity contribution < 1.29 is 19.2 Å². The van der Waals surface area contributed by atoms with Crippen LogP contribution in [-0.2, 0) is 11.3 Å². The molecule has 3 aromatic rings. The van der Waals surface area contributed by atoms with Crippen molar-refractivity contribution in [3.05, 3.63) is 93.0 Å². The van der Waals surface area contributed by atoms with Gasteiger partial charge in [-0.3, -0.25) is 24.6 Å². The molecule has 2 amide bonds. The topological polar surface area (TPSA) is 120 Å². The lowest BCUT2D eigenvalue weighted by Gasteiger charge is -2.32. The third kappa shape index (κ3) is 6.93. The fourth-order valence-corrected chi connectivity index (χ4v) is 5.27. The van der Waals surface area contributed by atoms with E-state index in [-0.39, 0.29) is 17.2 Å². The van der Waals surface area contributed by atoms with Gasteiger partial charge in [-0.25, -0.2) is 0 Å². The zero-order chi connectivity index (χ0) is 29.6. The van der Waals surface area contributed by atoms with Gasteiger partial charge in [-0.2, -0.15) is 0 Å². The van der Waals surface area contributed by atoms with Gasteiger partial charge in [0.15, 0.2) is 0 Å². The molecule has 5 rings (SSSR count). The molecule has 2 fully saturated rings. The number of amides is 2. The predicted molar refractivity (Wildman–Crippen MR) is 162 cm³/mol. The summed E-state index contributed by atoms with van der Waals surface area (Å²) in [5.74, 6) is -0.856. The summed E-state index contributed by atoms with van der Waals surface area (Å²) in [7, 11) is 2.12. The lowest BCUT2D eigenvalue weighted by molar-refractivity contribution is -0.384. The van der Waals surface area contributed by atoms with E-state index in [2.05, 4.69) is 27.5 Å². The average Bonchev–Trinajstić information content (AvgIpc) is 3.00. The Balaban J connectivity index is 1.29. The zero-order valence-corrected chi connectivity index (χ0v) is 24.0. The maximum Gasteiger partial charge on any atom is 0.305 e. The molecule has 0 spiro atoms. The largest absolute Gasteiger partial charge is 0.378 e. The first-order valence-corrected chi connectivity index (χ1v) is 14.1. The Kier molecular flexibility index (Phi) is 9.11. The van der Waals surface area contributed by atoms with Crippen LogP contribution in [0.2, 0.25) is 0 Å². The van der Waals surface area contributed by atoms with E-state index in [1.165, 1.54) is 6.07 Å². The molecule has 2 aliphatic rings. The van der Waals surface area contributed by atoms with Crippen molar-refractivity contribution in [2.75, 3.05) is 75.1 Å². The Morgan fingerprint density at radius 3 is 2.38 bits per heavy atom. The molecule has 0 bridgehead atoms. The molecule has 0 aromatic heterocycles. The second-order valence-electron chi connectivity index (χ2n) is 10.7. The number of nitro groups is 1. The van der Waals surface area contributed by atoms with Crippen molar-refractivity contribution in [1.29, 1.82) is 0 Å². The number of para-hydroxylation sites is 1. The molecule has 220 valence electrons. The number of rotatable bonds is 8. The third-order valence-electron chi connectivity index (χ3n) is 7.73. The number of nitrogens with one attached hydrogen (secondary N) is 2. The van der Waals surface area contributed by atoms with Gasteiger partial charge in [0.05, 0.1) is 18.1 Å². The van der Waals surface area contributed by atoms with Crippen LogP contribution >= 0.6 is 0 Å². The molecule has 2 saturated heterocycles. The second-order valence-corrected chi connectivity index (χ2v) is 10.7. The number of carbonyl (C=O) groups is 2. The van der Waals surface area contributed by atoms with Gasteiger partial charge in [-0.1, -0.05) is 24.3 Å². The van der Waals surface area contributed by atoms with Gasteiger partial charge in [0.1, 0.15) is 11.3 Å². The average molecular weight is 573 g/mol. The molecule has 0 aliphatic carbocycles. The van der Waals surface area contributed by atoms with E-state index in [0.29, 0.717) is 48.9 Å².